The van der Waals surface area contributed by atoms with Gasteiger partial charge in [-0.15, -0.1) is 0 Å². The number of methoxy groups -OCH3 is 1. The number of benzene rings is 1. The van der Waals surface area contributed by atoms with Crippen LogP contribution in [0.1, 0.15) is 36.4 Å². The Morgan fingerprint density at radius 3 is 2.69 bits per heavy atom. The summed E-state index contributed by atoms with van der Waals surface area (Å²) in [4.78, 5) is 8.91. The van der Waals surface area contributed by atoms with Gasteiger partial charge in [0.2, 0.25) is 17.6 Å². The van der Waals surface area contributed by atoms with E-state index in [4.69, 9.17) is 18.5 Å². The van der Waals surface area contributed by atoms with E-state index in [9.17, 15) is 0 Å². The van der Waals surface area contributed by atoms with Crippen LogP contribution >= 0.6 is 0 Å². The first-order valence-electron chi connectivity index (χ1n) is 8.69. The smallest absolute Gasteiger partial charge is 0.226 e. The Labute approximate surface area is 150 Å². The lowest BCUT2D eigenvalue weighted by Crippen LogP contribution is -2.00. The topological polar surface area (TPSA) is 96.3 Å². The van der Waals surface area contributed by atoms with E-state index < -0.39 is 0 Å². The lowest BCUT2D eigenvalue weighted by molar-refractivity contribution is 0.192. The molecule has 1 atom stereocenters. The minimum absolute atomic E-state index is 0.256. The number of aromatic nitrogens is 4. The molecular weight excluding hydrogens is 336 g/mol. The first-order valence-corrected chi connectivity index (χ1v) is 8.69. The number of aryl methyl sites for hydroxylation is 2. The monoisotopic (exact) mass is 356 g/mol. The fourth-order valence-corrected chi connectivity index (χ4v) is 2.96. The van der Waals surface area contributed by atoms with Gasteiger partial charge in [0.05, 0.1) is 19.3 Å². The first-order chi connectivity index (χ1) is 12.8. The van der Waals surface area contributed by atoms with Crippen LogP contribution in [0.2, 0.25) is 0 Å². The zero-order valence-electron chi connectivity index (χ0n) is 14.6. The lowest BCUT2D eigenvalue weighted by Gasteiger charge is -2.02. The van der Waals surface area contributed by atoms with Gasteiger partial charge in [0.25, 0.3) is 0 Å². The Kier molecular flexibility index (Phi) is 4.92. The zero-order valence-corrected chi connectivity index (χ0v) is 14.6. The van der Waals surface area contributed by atoms with E-state index in [0.717, 1.165) is 30.8 Å². The van der Waals surface area contributed by atoms with Gasteiger partial charge in [-0.25, -0.2) is 0 Å². The molecule has 8 nitrogen and oxygen atoms in total. The third-order valence-electron chi connectivity index (χ3n) is 4.38. The molecule has 0 bridgehead atoms. The highest BCUT2D eigenvalue weighted by Crippen LogP contribution is 2.27. The number of hydrogen-bond acceptors (Lipinski definition) is 8. The third kappa shape index (κ3) is 3.60. The van der Waals surface area contributed by atoms with E-state index in [1.165, 1.54) is 0 Å². The minimum Gasteiger partial charge on any atom is -0.496 e. The number of hydrogen-bond donors (Lipinski definition) is 0. The number of para-hydroxylation sites is 1. The summed E-state index contributed by atoms with van der Waals surface area (Å²) >= 11 is 0. The summed E-state index contributed by atoms with van der Waals surface area (Å²) in [5, 5.41) is 8.10. The van der Waals surface area contributed by atoms with E-state index in [1.807, 2.05) is 24.3 Å². The Balaban J connectivity index is 1.33. The van der Waals surface area contributed by atoms with Crippen LogP contribution in [-0.4, -0.2) is 40.6 Å². The molecule has 8 heteroatoms. The normalized spacial score (nSPS) is 16.9. The quantitative estimate of drug-likeness (QED) is 0.637. The Morgan fingerprint density at radius 1 is 1.08 bits per heavy atom. The van der Waals surface area contributed by atoms with Gasteiger partial charge in [-0.3, -0.25) is 0 Å². The van der Waals surface area contributed by atoms with Gasteiger partial charge in [-0.05, 0) is 25.0 Å². The second kappa shape index (κ2) is 7.65. The van der Waals surface area contributed by atoms with E-state index in [2.05, 4.69) is 20.3 Å². The lowest BCUT2D eigenvalue weighted by atomic mass is 10.1. The number of rotatable bonds is 7. The van der Waals surface area contributed by atoms with Gasteiger partial charge < -0.3 is 18.5 Å². The molecule has 0 N–H and O–H groups in total. The molecule has 1 aliphatic rings. The van der Waals surface area contributed by atoms with Crippen molar-refractivity contribution in [3.63, 3.8) is 0 Å². The van der Waals surface area contributed by atoms with Crippen LogP contribution in [0.5, 0.6) is 5.75 Å². The van der Waals surface area contributed by atoms with Crippen molar-refractivity contribution >= 4 is 0 Å². The summed E-state index contributed by atoms with van der Waals surface area (Å²) in [6.45, 7) is 1.44. The molecule has 0 spiro atoms. The van der Waals surface area contributed by atoms with E-state index in [-0.39, 0.29) is 5.92 Å². The van der Waals surface area contributed by atoms with Crippen molar-refractivity contribution in [3.05, 3.63) is 41.9 Å². The van der Waals surface area contributed by atoms with Gasteiger partial charge in [0.15, 0.2) is 5.82 Å². The number of ether oxygens (including phenoxy) is 2. The molecule has 1 aliphatic heterocycles. The largest absolute Gasteiger partial charge is 0.496 e. The second-order valence-electron chi connectivity index (χ2n) is 6.17. The van der Waals surface area contributed by atoms with Crippen molar-refractivity contribution in [2.75, 3.05) is 20.3 Å². The highest BCUT2D eigenvalue weighted by molar-refractivity contribution is 5.63. The standard InChI is InChI=1S/C18H20N4O4/c1-23-14-6-3-2-5-13(14)18-20-16(26-22-18)8-4-7-15-19-17(21-25-15)12-9-10-24-11-12/h2-3,5-6,12H,4,7-11H2,1H3. The third-order valence-corrected chi connectivity index (χ3v) is 4.38. The summed E-state index contributed by atoms with van der Waals surface area (Å²) in [7, 11) is 1.62. The molecule has 4 rings (SSSR count). The van der Waals surface area contributed by atoms with Crippen LogP contribution in [0, 0.1) is 0 Å². The van der Waals surface area contributed by atoms with Gasteiger partial charge in [0, 0.05) is 25.4 Å². The van der Waals surface area contributed by atoms with E-state index in [1.54, 1.807) is 7.11 Å². The average molecular weight is 356 g/mol. The summed E-state index contributed by atoms with van der Waals surface area (Å²) < 4.78 is 21.4. The molecule has 3 aromatic rings. The maximum atomic E-state index is 5.36. The van der Waals surface area contributed by atoms with Crippen LogP contribution in [0.25, 0.3) is 11.4 Å². The molecule has 0 saturated carbocycles. The maximum absolute atomic E-state index is 5.36. The summed E-state index contributed by atoms with van der Waals surface area (Å²) in [6, 6.07) is 7.59. The highest BCUT2D eigenvalue weighted by atomic mass is 16.5. The van der Waals surface area contributed by atoms with Crippen molar-refractivity contribution in [1.82, 2.24) is 20.3 Å². The van der Waals surface area contributed by atoms with Crippen molar-refractivity contribution in [2.45, 2.75) is 31.6 Å². The zero-order chi connectivity index (χ0) is 17.8. The molecule has 0 aliphatic carbocycles. The van der Waals surface area contributed by atoms with Gasteiger partial charge in [-0.2, -0.15) is 9.97 Å². The van der Waals surface area contributed by atoms with E-state index in [0.29, 0.717) is 42.8 Å². The fraction of sp³-hybridized carbons (Fsp3) is 0.444. The van der Waals surface area contributed by atoms with Crippen LogP contribution in [0.3, 0.4) is 0 Å². The fourth-order valence-electron chi connectivity index (χ4n) is 2.96. The molecule has 2 aromatic heterocycles. The second-order valence-corrected chi connectivity index (χ2v) is 6.17. The van der Waals surface area contributed by atoms with Crippen LogP contribution in [0.15, 0.2) is 33.3 Å². The molecule has 26 heavy (non-hydrogen) atoms. The van der Waals surface area contributed by atoms with Gasteiger partial charge in [-0.1, -0.05) is 22.4 Å². The maximum Gasteiger partial charge on any atom is 0.226 e. The van der Waals surface area contributed by atoms with Crippen LogP contribution < -0.4 is 4.74 Å². The summed E-state index contributed by atoms with van der Waals surface area (Å²) in [6.07, 6.45) is 3.06. The Bertz CT molecular complexity index is 854. The molecule has 0 amide bonds. The summed E-state index contributed by atoms with van der Waals surface area (Å²) in [5.74, 6) is 3.46. The first kappa shape index (κ1) is 16.7. The Morgan fingerprint density at radius 2 is 1.88 bits per heavy atom. The number of nitrogens with zero attached hydrogens (tertiary/aromatic N) is 4. The molecule has 0 radical (unpaired) electrons. The van der Waals surface area contributed by atoms with Gasteiger partial charge in [0.1, 0.15) is 5.75 Å². The van der Waals surface area contributed by atoms with Crippen molar-refractivity contribution < 1.29 is 18.5 Å². The highest BCUT2D eigenvalue weighted by Gasteiger charge is 2.23. The Hall–Kier alpha value is -2.74. The van der Waals surface area contributed by atoms with Crippen molar-refractivity contribution in [3.8, 4) is 17.1 Å². The molecule has 136 valence electrons. The molecular formula is C18H20N4O4. The van der Waals surface area contributed by atoms with Crippen molar-refractivity contribution in [1.29, 1.82) is 0 Å². The molecule has 1 aromatic carbocycles. The molecule has 1 fully saturated rings. The SMILES string of the molecule is COc1ccccc1-c1noc(CCCc2nc(C3CCOC3)no2)n1. The minimum atomic E-state index is 0.256. The molecule has 3 heterocycles. The summed E-state index contributed by atoms with van der Waals surface area (Å²) in [5.41, 5.74) is 0.810. The average Bonchev–Trinajstić information content (AvgIpc) is 3.43. The van der Waals surface area contributed by atoms with Crippen molar-refractivity contribution in [2.24, 2.45) is 0 Å². The van der Waals surface area contributed by atoms with Crippen LogP contribution in [-0.2, 0) is 17.6 Å². The van der Waals surface area contributed by atoms with Crippen LogP contribution in [0.4, 0.5) is 0 Å². The van der Waals surface area contributed by atoms with Gasteiger partial charge >= 0.3 is 0 Å². The molecule has 1 saturated heterocycles. The van der Waals surface area contributed by atoms with E-state index >= 15 is 0 Å². The predicted molar refractivity (Wildman–Crippen MR) is 90.8 cm³/mol. The predicted octanol–water partition coefficient (Wildman–Crippen LogP) is 2.81. The molecule has 1 unspecified atom stereocenters.